The van der Waals surface area contributed by atoms with E-state index in [9.17, 15) is 13.9 Å². The van der Waals surface area contributed by atoms with Gasteiger partial charge in [-0.25, -0.2) is 8.78 Å². The molecule has 1 aliphatic rings. The fraction of sp³-hybridized carbons (Fsp3) is 0.571. The van der Waals surface area contributed by atoms with Crippen LogP contribution >= 0.6 is 0 Å². The van der Waals surface area contributed by atoms with Crippen LogP contribution in [0, 0.1) is 17.6 Å². The molecule has 0 heterocycles. The van der Waals surface area contributed by atoms with Gasteiger partial charge in [0.2, 0.25) is 0 Å². The summed E-state index contributed by atoms with van der Waals surface area (Å²) in [6.07, 6.45) is 5.27. The quantitative estimate of drug-likeness (QED) is 0.846. The molecule has 0 amide bonds. The van der Waals surface area contributed by atoms with Gasteiger partial charge in [-0.15, -0.1) is 0 Å². The molecule has 18 heavy (non-hydrogen) atoms. The Balaban J connectivity index is 1.77. The van der Waals surface area contributed by atoms with Gasteiger partial charge in [-0.05, 0) is 24.5 Å². The highest BCUT2D eigenvalue weighted by Crippen LogP contribution is 2.28. The maximum Gasteiger partial charge on any atom is 0.160 e. The minimum absolute atomic E-state index is 0.377. The number of aliphatic hydroxyl groups is 1. The van der Waals surface area contributed by atoms with Gasteiger partial charge in [0.05, 0.1) is 6.10 Å². The van der Waals surface area contributed by atoms with E-state index < -0.39 is 17.7 Å². The number of benzene rings is 1. The lowest BCUT2D eigenvalue weighted by atomic mass is 10.00. The van der Waals surface area contributed by atoms with Crippen molar-refractivity contribution in [3.05, 3.63) is 29.8 Å². The molecular formula is C14H19F2NO. The Labute approximate surface area is 106 Å². The van der Waals surface area contributed by atoms with Gasteiger partial charge >= 0.3 is 0 Å². The van der Waals surface area contributed by atoms with Crippen LogP contribution in [0.2, 0.25) is 0 Å². The van der Waals surface area contributed by atoms with Gasteiger partial charge in [0.1, 0.15) is 0 Å². The predicted molar refractivity (Wildman–Crippen MR) is 67.4 cm³/mol. The third kappa shape index (κ3) is 3.67. The molecule has 2 nitrogen and oxygen atoms in total. The van der Waals surface area contributed by atoms with Crippen LogP contribution in [0.5, 0.6) is 0 Å². The van der Waals surface area contributed by atoms with E-state index in [0.29, 0.717) is 18.2 Å². The first-order valence-electron chi connectivity index (χ1n) is 6.52. The molecule has 1 saturated carbocycles. The lowest BCUT2D eigenvalue weighted by molar-refractivity contribution is 0.155. The second-order valence-corrected chi connectivity index (χ2v) is 5.05. The molecule has 2 N–H and O–H groups in total. The van der Waals surface area contributed by atoms with Crippen LogP contribution < -0.4 is 5.32 Å². The molecule has 1 unspecified atom stereocenters. The minimum Gasteiger partial charge on any atom is -0.391 e. The number of rotatable bonds is 5. The molecule has 1 aliphatic carbocycles. The first-order chi connectivity index (χ1) is 8.65. The van der Waals surface area contributed by atoms with Gasteiger partial charge in [-0.1, -0.05) is 25.7 Å². The molecule has 0 spiro atoms. The summed E-state index contributed by atoms with van der Waals surface area (Å²) in [5, 5.41) is 12.8. The summed E-state index contributed by atoms with van der Waals surface area (Å²) in [5.74, 6) is -1.11. The number of aliphatic hydroxyl groups excluding tert-OH is 1. The molecule has 1 fully saturated rings. The van der Waals surface area contributed by atoms with Crippen molar-refractivity contribution in [2.45, 2.75) is 38.2 Å². The van der Waals surface area contributed by atoms with Gasteiger partial charge in [0, 0.05) is 18.3 Å². The Bertz CT molecular complexity index is 391. The summed E-state index contributed by atoms with van der Waals surface area (Å²) in [6.45, 7) is 0.377. The molecule has 0 radical (unpaired) electrons. The van der Waals surface area contributed by atoms with Crippen molar-refractivity contribution in [1.29, 1.82) is 0 Å². The van der Waals surface area contributed by atoms with Crippen molar-refractivity contribution in [2.24, 2.45) is 5.92 Å². The van der Waals surface area contributed by atoms with E-state index in [1.54, 1.807) is 0 Å². The molecule has 0 aliphatic heterocycles. The molecule has 1 atom stereocenters. The maximum atomic E-state index is 13.0. The third-order valence-corrected chi connectivity index (χ3v) is 3.54. The Morgan fingerprint density at radius 1 is 1.22 bits per heavy atom. The standard InChI is InChI=1S/C14H19F2NO/c15-13-6-5-11(8-14(13)16)17-9-12(18)7-10-3-1-2-4-10/h5-6,8,10,12,17-18H,1-4,7,9H2. The van der Waals surface area contributed by atoms with Gasteiger partial charge in [-0.3, -0.25) is 0 Å². The Hall–Kier alpha value is -1.16. The van der Waals surface area contributed by atoms with Crippen molar-refractivity contribution in [3.8, 4) is 0 Å². The monoisotopic (exact) mass is 255 g/mol. The van der Waals surface area contributed by atoms with Gasteiger partial charge in [0.25, 0.3) is 0 Å². The van der Waals surface area contributed by atoms with E-state index >= 15 is 0 Å². The second kappa shape index (κ2) is 6.14. The first kappa shape index (κ1) is 13.3. The molecule has 2 rings (SSSR count). The average Bonchev–Trinajstić information content (AvgIpc) is 2.83. The zero-order valence-electron chi connectivity index (χ0n) is 10.3. The van der Waals surface area contributed by atoms with E-state index in [-0.39, 0.29) is 0 Å². The van der Waals surface area contributed by atoms with E-state index in [0.717, 1.165) is 18.6 Å². The zero-order chi connectivity index (χ0) is 13.0. The average molecular weight is 255 g/mol. The van der Waals surface area contributed by atoms with E-state index in [1.165, 1.54) is 31.7 Å². The minimum atomic E-state index is -0.870. The molecule has 0 saturated heterocycles. The summed E-state index contributed by atoms with van der Waals surface area (Å²) in [5.41, 5.74) is 0.499. The molecule has 4 heteroatoms. The number of hydrogen-bond donors (Lipinski definition) is 2. The Kier molecular flexibility index (Phi) is 4.53. The number of anilines is 1. The zero-order valence-corrected chi connectivity index (χ0v) is 10.3. The summed E-state index contributed by atoms with van der Waals surface area (Å²) >= 11 is 0. The van der Waals surface area contributed by atoms with Crippen LogP contribution in [-0.2, 0) is 0 Å². The highest BCUT2D eigenvalue weighted by molar-refractivity contribution is 5.43. The van der Waals surface area contributed by atoms with Crippen LogP contribution in [0.3, 0.4) is 0 Å². The summed E-state index contributed by atoms with van der Waals surface area (Å²) < 4.78 is 25.7. The SMILES string of the molecule is OC(CNc1ccc(F)c(F)c1)CC1CCCC1. The van der Waals surface area contributed by atoms with E-state index in [2.05, 4.69) is 5.32 Å². The molecule has 0 bridgehead atoms. The van der Waals surface area contributed by atoms with Crippen molar-refractivity contribution in [1.82, 2.24) is 0 Å². The highest BCUT2D eigenvalue weighted by Gasteiger charge is 2.18. The first-order valence-corrected chi connectivity index (χ1v) is 6.52. The summed E-state index contributed by atoms with van der Waals surface area (Å²) in [7, 11) is 0. The van der Waals surface area contributed by atoms with Crippen molar-refractivity contribution in [2.75, 3.05) is 11.9 Å². The maximum absolute atomic E-state index is 13.0. The highest BCUT2D eigenvalue weighted by atomic mass is 19.2. The molecular weight excluding hydrogens is 236 g/mol. The fourth-order valence-corrected chi connectivity index (χ4v) is 2.56. The van der Waals surface area contributed by atoms with Crippen molar-refractivity contribution < 1.29 is 13.9 Å². The largest absolute Gasteiger partial charge is 0.391 e. The summed E-state index contributed by atoms with van der Waals surface area (Å²) in [4.78, 5) is 0. The smallest absolute Gasteiger partial charge is 0.160 e. The van der Waals surface area contributed by atoms with Crippen LogP contribution in [0.15, 0.2) is 18.2 Å². The van der Waals surface area contributed by atoms with Crippen LogP contribution in [0.1, 0.15) is 32.1 Å². The fourth-order valence-electron chi connectivity index (χ4n) is 2.56. The molecule has 1 aromatic carbocycles. The Morgan fingerprint density at radius 2 is 1.94 bits per heavy atom. The Morgan fingerprint density at radius 3 is 2.61 bits per heavy atom. The number of nitrogens with one attached hydrogen (secondary N) is 1. The van der Waals surface area contributed by atoms with Gasteiger partial charge in [-0.2, -0.15) is 0 Å². The van der Waals surface area contributed by atoms with Gasteiger partial charge in [0.15, 0.2) is 11.6 Å². The normalized spacial score (nSPS) is 17.9. The number of halogens is 2. The van der Waals surface area contributed by atoms with Crippen LogP contribution in [0.4, 0.5) is 14.5 Å². The predicted octanol–water partition coefficient (Wildman–Crippen LogP) is 3.32. The number of hydrogen-bond acceptors (Lipinski definition) is 2. The van der Waals surface area contributed by atoms with Crippen molar-refractivity contribution in [3.63, 3.8) is 0 Å². The van der Waals surface area contributed by atoms with Crippen LogP contribution in [0.25, 0.3) is 0 Å². The van der Waals surface area contributed by atoms with Crippen molar-refractivity contribution >= 4 is 5.69 Å². The van der Waals surface area contributed by atoms with E-state index in [1.807, 2.05) is 0 Å². The lowest BCUT2D eigenvalue weighted by Crippen LogP contribution is -2.22. The van der Waals surface area contributed by atoms with Gasteiger partial charge < -0.3 is 10.4 Å². The third-order valence-electron chi connectivity index (χ3n) is 3.54. The van der Waals surface area contributed by atoms with Crippen LogP contribution in [-0.4, -0.2) is 17.8 Å². The topological polar surface area (TPSA) is 32.3 Å². The van der Waals surface area contributed by atoms with E-state index in [4.69, 9.17) is 0 Å². The second-order valence-electron chi connectivity index (χ2n) is 5.05. The molecule has 1 aromatic rings. The lowest BCUT2D eigenvalue weighted by Gasteiger charge is -2.16. The molecule has 0 aromatic heterocycles. The molecule has 100 valence electrons. The summed E-state index contributed by atoms with van der Waals surface area (Å²) in [6, 6.07) is 3.67.